The highest BCUT2D eigenvalue weighted by Gasteiger charge is 2.93. The molecule has 0 amide bonds. The number of hydrogen-bond acceptors (Lipinski definition) is 8. The van der Waals surface area contributed by atoms with E-state index in [0.717, 1.165) is 24.0 Å². The first-order valence-electron chi connectivity index (χ1n) is 13.3. The number of methoxy groups -OCH3 is 1. The number of epoxide rings is 1. The molecular formula is C28H38O8. The maximum atomic E-state index is 13.4. The summed E-state index contributed by atoms with van der Waals surface area (Å²) >= 11 is 0. The van der Waals surface area contributed by atoms with Crippen molar-refractivity contribution in [2.45, 2.75) is 90.6 Å². The molecule has 0 radical (unpaired) electrons. The van der Waals surface area contributed by atoms with Crippen molar-refractivity contribution in [1.82, 2.24) is 0 Å². The molecule has 3 aliphatic heterocycles. The lowest BCUT2D eigenvalue weighted by molar-refractivity contribution is -0.265. The standard InChI is InChI=1S/C28H38O8/c1-14(2)27-10-17(27)20-28(36-20)25(5)9-8-15-16(12-33-21(15)30)18(25)13-34-26(28,6)22(27)35-19(29)11-24(3,4)23(31)32-7/h14,17-18,20,22H,8-13H2,1-7H3/t17-,18-,20-,22-,25-,26+,27+,28+/m0/s1. The van der Waals surface area contributed by atoms with Crippen LogP contribution < -0.4 is 0 Å². The van der Waals surface area contributed by atoms with Crippen LogP contribution in [0.2, 0.25) is 0 Å². The fourth-order valence-corrected chi connectivity index (χ4v) is 8.88. The van der Waals surface area contributed by atoms with Gasteiger partial charge in [-0.2, -0.15) is 0 Å². The molecule has 0 N–H and O–H groups in total. The van der Waals surface area contributed by atoms with Crippen molar-refractivity contribution in [3.63, 3.8) is 0 Å². The van der Waals surface area contributed by atoms with E-state index >= 15 is 0 Å². The number of esters is 3. The van der Waals surface area contributed by atoms with E-state index in [0.29, 0.717) is 19.6 Å². The van der Waals surface area contributed by atoms with Crippen LogP contribution in [0.4, 0.5) is 0 Å². The second-order valence-electron chi connectivity index (χ2n) is 13.2. The molecule has 0 aromatic heterocycles. The lowest BCUT2D eigenvalue weighted by Gasteiger charge is -2.61. The Hall–Kier alpha value is -1.93. The monoisotopic (exact) mass is 502 g/mol. The Morgan fingerprint density at radius 3 is 2.61 bits per heavy atom. The Morgan fingerprint density at radius 2 is 1.94 bits per heavy atom. The van der Waals surface area contributed by atoms with Crippen molar-refractivity contribution in [2.75, 3.05) is 20.3 Å². The Bertz CT molecular complexity index is 1090. The fourth-order valence-electron chi connectivity index (χ4n) is 8.88. The fraction of sp³-hybridized carbons (Fsp3) is 0.821. The molecule has 0 bridgehead atoms. The Balaban J connectivity index is 1.37. The molecular weight excluding hydrogens is 464 g/mol. The smallest absolute Gasteiger partial charge is 0.334 e. The van der Waals surface area contributed by atoms with Crippen LogP contribution in [0.15, 0.2) is 11.1 Å². The van der Waals surface area contributed by atoms with Gasteiger partial charge in [0, 0.05) is 22.3 Å². The van der Waals surface area contributed by atoms with Gasteiger partial charge in [-0.3, -0.25) is 9.59 Å². The van der Waals surface area contributed by atoms with E-state index in [2.05, 4.69) is 27.7 Å². The summed E-state index contributed by atoms with van der Waals surface area (Å²) in [6.07, 6.45) is 1.87. The summed E-state index contributed by atoms with van der Waals surface area (Å²) in [6, 6.07) is 0. The normalized spacial score (nSPS) is 46.1. The van der Waals surface area contributed by atoms with E-state index in [9.17, 15) is 14.4 Å². The number of ether oxygens (including phenoxy) is 5. The van der Waals surface area contributed by atoms with Gasteiger partial charge in [0.25, 0.3) is 0 Å². The highest BCUT2D eigenvalue weighted by molar-refractivity contribution is 5.92. The molecule has 6 aliphatic rings. The van der Waals surface area contributed by atoms with E-state index < -0.39 is 34.7 Å². The first-order valence-corrected chi connectivity index (χ1v) is 13.3. The molecule has 8 heteroatoms. The van der Waals surface area contributed by atoms with Gasteiger partial charge in [0.1, 0.15) is 23.9 Å². The van der Waals surface area contributed by atoms with Gasteiger partial charge in [0.2, 0.25) is 0 Å². The van der Waals surface area contributed by atoms with E-state index in [1.54, 1.807) is 13.8 Å². The molecule has 3 aliphatic carbocycles. The molecule has 2 saturated carbocycles. The van der Waals surface area contributed by atoms with Gasteiger partial charge in [-0.1, -0.05) is 20.8 Å². The maximum absolute atomic E-state index is 13.4. The average Bonchev–Trinajstić information content (AvgIpc) is 3.69. The number of carbonyl (C=O) groups is 3. The molecule has 8 atom stereocenters. The molecule has 36 heavy (non-hydrogen) atoms. The van der Waals surface area contributed by atoms with Gasteiger partial charge in [-0.25, -0.2) is 4.79 Å². The molecule has 6 rings (SSSR count). The Labute approximate surface area is 212 Å². The third kappa shape index (κ3) is 2.65. The van der Waals surface area contributed by atoms with Crippen LogP contribution in [0, 0.1) is 34.0 Å². The van der Waals surface area contributed by atoms with Crippen LogP contribution in [0.3, 0.4) is 0 Å². The van der Waals surface area contributed by atoms with Gasteiger partial charge in [0.05, 0.1) is 31.7 Å². The van der Waals surface area contributed by atoms with Gasteiger partial charge in [-0.15, -0.1) is 0 Å². The number of hydrogen-bond donors (Lipinski definition) is 0. The third-order valence-electron chi connectivity index (χ3n) is 11.0. The van der Waals surface area contributed by atoms with Crippen molar-refractivity contribution < 1.29 is 38.1 Å². The third-order valence-corrected chi connectivity index (χ3v) is 11.0. The second kappa shape index (κ2) is 7.13. The zero-order valence-corrected chi connectivity index (χ0v) is 22.4. The lowest BCUT2D eigenvalue weighted by Crippen LogP contribution is -2.73. The van der Waals surface area contributed by atoms with Gasteiger partial charge < -0.3 is 23.7 Å². The van der Waals surface area contributed by atoms with E-state index in [-0.39, 0.29) is 47.1 Å². The first-order chi connectivity index (χ1) is 16.8. The zero-order chi connectivity index (χ0) is 26.1. The van der Waals surface area contributed by atoms with Gasteiger partial charge >= 0.3 is 17.9 Å². The number of rotatable bonds is 5. The van der Waals surface area contributed by atoms with Crippen LogP contribution in [0.5, 0.6) is 0 Å². The predicted molar refractivity (Wildman–Crippen MR) is 126 cm³/mol. The lowest BCUT2D eigenvalue weighted by atomic mass is 9.49. The molecule has 0 aromatic carbocycles. The van der Waals surface area contributed by atoms with E-state index in [4.69, 9.17) is 23.7 Å². The highest BCUT2D eigenvalue weighted by Crippen LogP contribution is 2.82. The summed E-state index contributed by atoms with van der Waals surface area (Å²) in [5.41, 5.74) is -1.05. The van der Waals surface area contributed by atoms with Crippen LogP contribution in [-0.4, -0.2) is 61.6 Å². The molecule has 0 aromatic rings. The van der Waals surface area contributed by atoms with E-state index in [1.165, 1.54) is 7.11 Å². The second-order valence-corrected chi connectivity index (χ2v) is 13.2. The Morgan fingerprint density at radius 1 is 1.22 bits per heavy atom. The first kappa shape index (κ1) is 24.4. The van der Waals surface area contributed by atoms with Gasteiger partial charge in [0.15, 0.2) is 0 Å². The zero-order valence-electron chi connectivity index (χ0n) is 22.4. The molecule has 4 fully saturated rings. The number of fused-ring (bicyclic) bond motifs is 4. The summed E-state index contributed by atoms with van der Waals surface area (Å²) in [6.45, 7) is 12.9. The van der Waals surface area contributed by atoms with Crippen molar-refractivity contribution in [3.8, 4) is 0 Å². The van der Waals surface area contributed by atoms with Crippen LogP contribution in [0.1, 0.15) is 67.2 Å². The minimum atomic E-state index is -0.989. The average molecular weight is 503 g/mol. The number of carbonyl (C=O) groups excluding carboxylic acids is 3. The summed E-state index contributed by atoms with van der Waals surface area (Å²) in [5, 5.41) is 0. The summed E-state index contributed by atoms with van der Waals surface area (Å²) < 4.78 is 30.3. The molecule has 8 nitrogen and oxygen atoms in total. The maximum Gasteiger partial charge on any atom is 0.334 e. The quantitative estimate of drug-likeness (QED) is 0.321. The summed E-state index contributed by atoms with van der Waals surface area (Å²) in [5.74, 6) is -0.475. The molecule has 3 heterocycles. The molecule has 2 saturated heterocycles. The van der Waals surface area contributed by atoms with Crippen molar-refractivity contribution in [1.29, 1.82) is 0 Å². The molecule has 198 valence electrons. The van der Waals surface area contributed by atoms with Crippen molar-refractivity contribution in [2.24, 2.45) is 34.0 Å². The van der Waals surface area contributed by atoms with Crippen LogP contribution in [-0.2, 0) is 38.1 Å². The minimum absolute atomic E-state index is 0.0330. The largest absolute Gasteiger partial charge is 0.469 e. The molecule has 1 spiro atoms. The SMILES string of the molecule is COC(=O)C(C)(C)CC(=O)O[C@@H]1[C@@]2(C(C)C)C[C@H]2[C@@H]2O[C@@]23[C@@]2(C)CCC4=C(COC4=O)[C@@H]2CO[C@]13C. The summed E-state index contributed by atoms with van der Waals surface area (Å²) in [4.78, 5) is 37.9. The van der Waals surface area contributed by atoms with E-state index in [1.807, 2.05) is 0 Å². The minimum Gasteiger partial charge on any atom is -0.469 e. The van der Waals surface area contributed by atoms with Crippen LogP contribution in [0.25, 0.3) is 0 Å². The summed E-state index contributed by atoms with van der Waals surface area (Å²) in [7, 11) is 1.33. The highest BCUT2D eigenvalue weighted by atomic mass is 16.7. The van der Waals surface area contributed by atoms with Crippen molar-refractivity contribution >= 4 is 17.9 Å². The van der Waals surface area contributed by atoms with Crippen LogP contribution >= 0.6 is 0 Å². The number of cyclic esters (lactones) is 1. The molecule has 0 unspecified atom stereocenters. The topological polar surface area (TPSA) is 101 Å². The van der Waals surface area contributed by atoms with Crippen molar-refractivity contribution in [3.05, 3.63) is 11.1 Å². The van der Waals surface area contributed by atoms with Gasteiger partial charge in [-0.05, 0) is 57.4 Å². The Kier molecular flexibility index (Phi) is 4.83. The predicted octanol–water partition coefficient (Wildman–Crippen LogP) is 3.36.